The first kappa shape index (κ1) is 11.5. The minimum absolute atomic E-state index is 0.778. The van der Waals surface area contributed by atoms with Crippen molar-refractivity contribution in [3.63, 3.8) is 0 Å². The van der Waals surface area contributed by atoms with E-state index in [0.717, 1.165) is 29.8 Å². The van der Waals surface area contributed by atoms with Crippen LogP contribution in [0.1, 0.15) is 18.9 Å². The van der Waals surface area contributed by atoms with Crippen LogP contribution in [-0.2, 0) is 6.54 Å². The highest BCUT2D eigenvalue weighted by Gasteiger charge is 2.01. The molecule has 0 unspecified atom stereocenters. The Morgan fingerprint density at radius 1 is 1.43 bits per heavy atom. The first-order chi connectivity index (χ1) is 6.77. The third kappa shape index (κ3) is 3.31. The number of rotatable bonds is 5. The SMILES string of the molecule is CCCOc1ccc(Br)c(CNC)c1. The normalized spacial score (nSPS) is 10.2. The zero-order chi connectivity index (χ0) is 10.4. The van der Waals surface area contributed by atoms with Gasteiger partial charge in [0.15, 0.2) is 0 Å². The van der Waals surface area contributed by atoms with Crippen molar-refractivity contribution in [3.8, 4) is 5.75 Å². The average molecular weight is 258 g/mol. The van der Waals surface area contributed by atoms with Crippen molar-refractivity contribution in [2.24, 2.45) is 0 Å². The zero-order valence-electron chi connectivity index (χ0n) is 8.64. The van der Waals surface area contributed by atoms with Gasteiger partial charge in [-0.1, -0.05) is 22.9 Å². The maximum Gasteiger partial charge on any atom is 0.119 e. The van der Waals surface area contributed by atoms with E-state index in [1.165, 1.54) is 5.56 Å². The van der Waals surface area contributed by atoms with Crippen molar-refractivity contribution in [3.05, 3.63) is 28.2 Å². The van der Waals surface area contributed by atoms with Crippen LogP contribution in [0.3, 0.4) is 0 Å². The van der Waals surface area contributed by atoms with Crippen LogP contribution in [0.4, 0.5) is 0 Å². The summed E-state index contributed by atoms with van der Waals surface area (Å²) in [4.78, 5) is 0. The topological polar surface area (TPSA) is 21.3 Å². The Kier molecular flexibility index (Phi) is 4.98. The molecule has 0 saturated heterocycles. The van der Waals surface area contributed by atoms with Gasteiger partial charge >= 0.3 is 0 Å². The molecular formula is C11H16BrNO. The summed E-state index contributed by atoms with van der Waals surface area (Å²) in [6.07, 6.45) is 1.04. The van der Waals surface area contributed by atoms with E-state index in [9.17, 15) is 0 Å². The zero-order valence-corrected chi connectivity index (χ0v) is 10.2. The number of hydrogen-bond donors (Lipinski definition) is 1. The molecule has 0 spiro atoms. The fraction of sp³-hybridized carbons (Fsp3) is 0.455. The maximum absolute atomic E-state index is 5.55. The molecule has 2 nitrogen and oxygen atoms in total. The maximum atomic E-state index is 5.55. The highest BCUT2D eigenvalue weighted by Crippen LogP contribution is 2.22. The lowest BCUT2D eigenvalue weighted by Crippen LogP contribution is -2.06. The van der Waals surface area contributed by atoms with Crippen molar-refractivity contribution in [1.29, 1.82) is 0 Å². The lowest BCUT2D eigenvalue weighted by molar-refractivity contribution is 0.317. The fourth-order valence-electron chi connectivity index (χ4n) is 1.19. The Morgan fingerprint density at radius 3 is 2.86 bits per heavy atom. The summed E-state index contributed by atoms with van der Waals surface area (Å²) in [5.41, 5.74) is 1.22. The van der Waals surface area contributed by atoms with E-state index in [1.807, 2.05) is 19.2 Å². The molecule has 1 aromatic rings. The molecule has 0 atom stereocenters. The van der Waals surface area contributed by atoms with Gasteiger partial charge in [-0.05, 0) is 37.2 Å². The highest BCUT2D eigenvalue weighted by atomic mass is 79.9. The summed E-state index contributed by atoms with van der Waals surface area (Å²) < 4.78 is 6.67. The van der Waals surface area contributed by atoms with Gasteiger partial charge in [0.25, 0.3) is 0 Å². The predicted octanol–water partition coefficient (Wildman–Crippen LogP) is 2.96. The van der Waals surface area contributed by atoms with Gasteiger partial charge in [-0.25, -0.2) is 0 Å². The molecule has 0 aliphatic heterocycles. The van der Waals surface area contributed by atoms with Crippen LogP contribution < -0.4 is 10.1 Å². The van der Waals surface area contributed by atoms with Crippen LogP contribution in [0.2, 0.25) is 0 Å². The Labute approximate surface area is 93.8 Å². The van der Waals surface area contributed by atoms with Gasteiger partial charge in [0.1, 0.15) is 5.75 Å². The van der Waals surface area contributed by atoms with Crippen LogP contribution >= 0.6 is 15.9 Å². The Hall–Kier alpha value is -0.540. The second-order valence-corrected chi connectivity index (χ2v) is 3.99. The largest absolute Gasteiger partial charge is 0.494 e. The summed E-state index contributed by atoms with van der Waals surface area (Å²) in [7, 11) is 1.94. The summed E-state index contributed by atoms with van der Waals surface area (Å²) in [6.45, 7) is 3.73. The van der Waals surface area contributed by atoms with Crippen LogP contribution in [0.5, 0.6) is 5.75 Å². The van der Waals surface area contributed by atoms with Crippen molar-refractivity contribution in [2.45, 2.75) is 19.9 Å². The minimum atomic E-state index is 0.778. The smallest absolute Gasteiger partial charge is 0.119 e. The van der Waals surface area contributed by atoms with Gasteiger partial charge in [-0.15, -0.1) is 0 Å². The molecule has 14 heavy (non-hydrogen) atoms. The van der Waals surface area contributed by atoms with E-state index in [2.05, 4.69) is 34.2 Å². The molecule has 1 aromatic carbocycles. The quantitative estimate of drug-likeness (QED) is 0.876. The molecule has 0 aliphatic carbocycles. The number of benzene rings is 1. The molecule has 0 radical (unpaired) electrons. The Morgan fingerprint density at radius 2 is 2.21 bits per heavy atom. The van der Waals surface area contributed by atoms with Gasteiger partial charge in [0.2, 0.25) is 0 Å². The molecule has 0 amide bonds. The second kappa shape index (κ2) is 6.04. The van der Waals surface area contributed by atoms with Crippen molar-refractivity contribution in [1.82, 2.24) is 5.32 Å². The van der Waals surface area contributed by atoms with Crippen LogP contribution in [0.15, 0.2) is 22.7 Å². The van der Waals surface area contributed by atoms with Crippen LogP contribution in [0.25, 0.3) is 0 Å². The number of halogens is 1. The van der Waals surface area contributed by atoms with Gasteiger partial charge in [0, 0.05) is 11.0 Å². The van der Waals surface area contributed by atoms with Crippen LogP contribution in [0, 0.1) is 0 Å². The van der Waals surface area contributed by atoms with Gasteiger partial charge in [0.05, 0.1) is 6.61 Å². The first-order valence-electron chi connectivity index (χ1n) is 4.83. The lowest BCUT2D eigenvalue weighted by atomic mass is 10.2. The molecule has 3 heteroatoms. The molecule has 78 valence electrons. The van der Waals surface area contributed by atoms with E-state index in [-0.39, 0.29) is 0 Å². The molecule has 0 fully saturated rings. The molecule has 0 saturated carbocycles. The third-order valence-electron chi connectivity index (χ3n) is 1.86. The summed E-state index contributed by atoms with van der Waals surface area (Å²) in [5.74, 6) is 0.945. The first-order valence-corrected chi connectivity index (χ1v) is 5.63. The second-order valence-electron chi connectivity index (χ2n) is 3.13. The average Bonchev–Trinajstić information content (AvgIpc) is 2.19. The minimum Gasteiger partial charge on any atom is -0.494 e. The van der Waals surface area contributed by atoms with E-state index in [0.29, 0.717) is 0 Å². The molecular weight excluding hydrogens is 242 g/mol. The third-order valence-corrected chi connectivity index (χ3v) is 2.63. The standard InChI is InChI=1S/C11H16BrNO/c1-3-6-14-10-4-5-11(12)9(7-10)8-13-2/h4-5,7,13H,3,6,8H2,1-2H3. The van der Waals surface area contributed by atoms with Crippen LogP contribution in [-0.4, -0.2) is 13.7 Å². The van der Waals surface area contributed by atoms with Gasteiger partial charge in [-0.2, -0.15) is 0 Å². The van der Waals surface area contributed by atoms with Gasteiger partial charge < -0.3 is 10.1 Å². The van der Waals surface area contributed by atoms with E-state index in [1.54, 1.807) is 0 Å². The fourth-order valence-corrected chi connectivity index (χ4v) is 1.57. The predicted molar refractivity (Wildman–Crippen MR) is 62.7 cm³/mol. The summed E-state index contributed by atoms with van der Waals surface area (Å²) in [5, 5.41) is 3.12. The van der Waals surface area contributed by atoms with Gasteiger partial charge in [-0.3, -0.25) is 0 Å². The Bertz CT molecular complexity index is 289. The molecule has 0 bridgehead atoms. The highest BCUT2D eigenvalue weighted by molar-refractivity contribution is 9.10. The molecule has 0 heterocycles. The summed E-state index contributed by atoms with van der Waals surface area (Å²) >= 11 is 3.50. The van der Waals surface area contributed by atoms with E-state index >= 15 is 0 Å². The molecule has 0 aromatic heterocycles. The van der Waals surface area contributed by atoms with Crippen molar-refractivity contribution >= 4 is 15.9 Å². The van der Waals surface area contributed by atoms with Crippen molar-refractivity contribution in [2.75, 3.05) is 13.7 Å². The number of nitrogens with one attached hydrogen (secondary N) is 1. The Balaban J connectivity index is 2.72. The monoisotopic (exact) mass is 257 g/mol. The molecule has 0 aliphatic rings. The number of hydrogen-bond acceptors (Lipinski definition) is 2. The molecule has 1 rings (SSSR count). The van der Waals surface area contributed by atoms with E-state index < -0.39 is 0 Å². The summed E-state index contributed by atoms with van der Waals surface area (Å²) in [6, 6.07) is 6.08. The lowest BCUT2D eigenvalue weighted by Gasteiger charge is -2.08. The molecule has 1 N–H and O–H groups in total. The number of ether oxygens (including phenoxy) is 1. The van der Waals surface area contributed by atoms with Crippen molar-refractivity contribution < 1.29 is 4.74 Å². The van der Waals surface area contributed by atoms with E-state index in [4.69, 9.17) is 4.74 Å².